The van der Waals surface area contributed by atoms with Gasteiger partial charge in [-0.15, -0.1) is 11.3 Å². The number of carbonyl (C=O) groups is 2. The van der Waals surface area contributed by atoms with Gasteiger partial charge in [0.05, 0.1) is 19.2 Å². The van der Waals surface area contributed by atoms with E-state index in [4.69, 9.17) is 4.74 Å². The number of aromatic nitrogens is 1. The maximum atomic E-state index is 13.4. The number of rotatable bonds is 6. The van der Waals surface area contributed by atoms with E-state index in [-0.39, 0.29) is 29.8 Å². The van der Waals surface area contributed by atoms with Gasteiger partial charge < -0.3 is 9.64 Å². The normalized spacial score (nSPS) is 14.5. The van der Waals surface area contributed by atoms with Crippen LogP contribution in [0.25, 0.3) is 10.6 Å². The molecule has 0 saturated carbocycles. The minimum Gasteiger partial charge on any atom is -0.497 e. The number of ether oxygens (including phenoxy) is 1. The lowest BCUT2D eigenvalue weighted by Gasteiger charge is -2.31. The number of Topliss-reactive ketones (excluding diaryl/α,β-unsaturated/α-hetero) is 1. The summed E-state index contributed by atoms with van der Waals surface area (Å²) in [7, 11) is 1.59. The van der Waals surface area contributed by atoms with Crippen molar-refractivity contribution in [3.05, 3.63) is 71.0 Å². The molecular formula is C24H23FN2O3S. The average Bonchev–Trinajstić information content (AvgIpc) is 3.27. The van der Waals surface area contributed by atoms with Gasteiger partial charge in [0, 0.05) is 35.5 Å². The number of hydrogen-bond acceptors (Lipinski definition) is 5. The van der Waals surface area contributed by atoms with E-state index in [9.17, 15) is 14.0 Å². The third kappa shape index (κ3) is 4.99. The molecule has 1 aromatic heterocycles. The van der Waals surface area contributed by atoms with E-state index in [1.54, 1.807) is 48.4 Å². The number of thiazole rings is 1. The number of halogens is 1. The summed E-state index contributed by atoms with van der Waals surface area (Å²) >= 11 is 1.40. The minimum absolute atomic E-state index is 0.00596. The lowest BCUT2D eigenvalue weighted by Crippen LogP contribution is -2.41. The Bertz CT molecular complexity index is 1070. The molecule has 0 unspecified atom stereocenters. The highest BCUT2D eigenvalue weighted by Gasteiger charge is 2.28. The first-order valence-corrected chi connectivity index (χ1v) is 11.1. The first-order chi connectivity index (χ1) is 15.0. The second kappa shape index (κ2) is 9.39. The van der Waals surface area contributed by atoms with Gasteiger partial charge >= 0.3 is 0 Å². The number of methoxy groups -OCH3 is 1. The van der Waals surface area contributed by atoms with Gasteiger partial charge in [-0.05, 0) is 49.2 Å². The summed E-state index contributed by atoms with van der Waals surface area (Å²) < 4.78 is 18.6. The van der Waals surface area contributed by atoms with E-state index in [0.29, 0.717) is 47.8 Å². The maximum absolute atomic E-state index is 13.4. The van der Waals surface area contributed by atoms with Crippen molar-refractivity contribution in [3.63, 3.8) is 0 Å². The maximum Gasteiger partial charge on any atom is 0.228 e. The van der Waals surface area contributed by atoms with E-state index >= 15 is 0 Å². The van der Waals surface area contributed by atoms with E-state index < -0.39 is 0 Å². The Kier molecular flexibility index (Phi) is 6.42. The van der Waals surface area contributed by atoms with Crippen molar-refractivity contribution in [1.29, 1.82) is 0 Å². The van der Waals surface area contributed by atoms with Crippen LogP contribution in [0.5, 0.6) is 5.75 Å². The molecule has 3 aromatic rings. The highest BCUT2D eigenvalue weighted by Crippen LogP contribution is 2.26. The number of carbonyl (C=O) groups excluding carboxylic acids is 2. The second-order valence-electron chi connectivity index (χ2n) is 7.58. The molecule has 0 bridgehead atoms. The molecule has 1 aliphatic rings. The molecule has 0 atom stereocenters. The standard InChI is InChI=1S/C24H23FN2O3S/c1-30-21-7-5-16(6-8-21)23(29)17-9-11-27(12-10-17)22(28)14-20-15-31-24(26-20)18-3-2-4-19(25)13-18/h2-8,13,15,17H,9-12,14H2,1H3. The highest BCUT2D eigenvalue weighted by atomic mass is 32.1. The van der Waals surface area contributed by atoms with Gasteiger partial charge in [-0.3, -0.25) is 9.59 Å². The van der Waals surface area contributed by atoms with Crippen LogP contribution in [0.1, 0.15) is 28.9 Å². The third-order valence-electron chi connectivity index (χ3n) is 5.55. The summed E-state index contributed by atoms with van der Waals surface area (Å²) in [5, 5.41) is 2.55. The molecule has 0 spiro atoms. The molecule has 2 aromatic carbocycles. The van der Waals surface area contributed by atoms with Crippen LogP contribution in [-0.2, 0) is 11.2 Å². The average molecular weight is 439 g/mol. The minimum atomic E-state index is -0.308. The van der Waals surface area contributed by atoms with Crippen LogP contribution in [0.4, 0.5) is 4.39 Å². The van der Waals surface area contributed by atoms with E-state index in [1.165, 1.54) is 23.5 Å². The van der Waals surface area contributed by atoms with E-state index in [1.807, 2.05) is 5.38 Å². The summed E-state index contributed by atoms with van der Waals surface area (Å²) in [5.74, 6) is 0.466. The lowest BCUT2D eigenvalue weighted by molar-refractivity contribution is -0.131. The van der Waals surface area contributed by atoms with Crippen molar-refractivity contribution in [2.24, 2.45) is 5.92 Å². The number of benzene rings is 2. The van der Waals surface area contributed by atoms with Gasteiger partial charge in [0.2, 0.25) is 5.91 Å². The van der Waals surface area contributed by atoms with Gasteiger partial charge in [0.15, 0.2) is 5.78 Å². The highest BCUT2D eigenvalue weighted by molar-refractivity contribution is 7.13. The molecule has 5 nitrogen and oxygen atoms in total. The van der Waals surface area contributed by atoms with Crippen LogP contribution in [0, 0.1) is 11.7 Å². The van der Waals surface area contributed by atoms with Crippen molar-refractivity contribution in [2.75, 3.05) is 20.2 Å². The SMILES string of the molecule is COc1ccc(C(=O)C2CCN(C(=O)Cc3csc(-c4cccc(F)c4)n3)CC2)cc1. The zero-order valence-electron chi connectivity index (χ0n) is 17.2. The van der Waals surface area contributed by atoms with Crippen LogP contribution in [0.3, 0.4) is 0 Å². The van der Waals surface area contributed by atoms with Crippen LogP contribution < -0.4 is 4.74 Å². The van der Waals surface area contributed by atoms with Crippen molar-refractivity contribution in [2.45, 2.75) is 19.3 Å². The van der Waals surface area contributed by atoms with Crippen LogP contribution in [0.15, 0.2) is 53.9 Å². The first kappa shape index (κ1) is 21.2. The summed E-state index contributed by atoms with van der Waals surface area (Å²) in [6.45, 7) is 1.12. The van der Waals surface area contributed by atoms with E-state index in [0.717, 1.165) is 5.75 Å². The molecule has 31 heavy (non-hydrogen) atoms. The number of ketones is 1. The number of piperidine rings is 1. The quantitative estimate of drug-likeness (QED) is 0.527. The Balaban J connectivity index is 1.32. The smallest absolute Gasteiger partial charge is 0.228 e. The summed E-state index contributed by atoms with van der Waals surface area (Å²) in [4.78, 5) is 31.8. The second-order valence-corrected chi connectivity index (χ2v) is 8.44. The number of hydrogen-bond donors (Lipinski definition) is 0. The summed E-state index contributed by atoms with van der Waals surface area (Å²) in [5.41, 5.74) is 2.07. The van der Waals surface area contributed by atoms with Crippen LogP contribution >= 0.6 is 11.3 Å². The fourth-order valence-electron chi connectivity index (χ4n) is 3.79. The van der Waals surface area contributed by atoms with Gasteiger partial charge in [-0.25, -0.2) is 9.37 Å². The van der Waals surface area contributed by atoms with E-state index in [2.05, 4.69) is 4.98 Å². The molecule has 0 aliphatic carbocycles. The van der Waals surface area contributed by atoms with Gasteiger partial charge in [-0.2, -0.15) is 0 Å². The molecule has 1 aliphatic heterocycles. The Labute approximate surface area is 184 Å². The Hall–Kier alpha value is -3.06. The molecule has 160 valence electrons. The topological polar surface area (TPSA) is 59.5 Å². The Morgan fingerprint density at radius 2 is 1.90 bits per heavy atom. The Morgan fingerprint density at radius 3 is 2.58 bits per heavy atom. The zero-order valence-corrected chi connectivity index (χ0v) is 18.0. The fraction of sp³-hybridized carbons (Fsp3) is 0.292. The number of nitrogens with zero attached hydrogens (tertiary/aromatic N) is 2. The third-order valence-corrected chi connectivity index (χ3v) is 6.49. The van der Waals surface area contributed by atoms with Gasteiger partial charge in [0.25, 0.3) is 0 Å². The Morgan fingerprint density at radius 1 is 1.16 bits per heavy atom. The molecule has 1 fully saturated rings. The van der Waals surface area contributed by atoms with Crippen LogP contribution in [0.2, 0.25) is 0 Å². The van der Waals surface area contributed by atoms with Crippen molar-refractivity contribution in [1.82, 2.24) is 9.88 Å². The fourth-order valence-corrected chi connectivity index (χ4v) is 4.61. The number of amides is 1. The number of likely N-dealkylation sites (tertiary alicyclic amines) is 1. The molecule has 1 saturated heterocycles. The van der Waals surface area contributed by atoms with Gasteiger partial charge in [-0.1, -0.05) is 12.1 Å². The van der Waals surface area contributed by atoms with Crippen molar-refractivity contribution >= 4 is 23.0 Å². The van der Waals surface area contributed by atoms with Crippen molar-refractivity contribution in [3.8, 4) is 16.3 Å². The van der Waals surface area contributed by atoms with Crippen LogP contribution in [-0.4, -0.2) is 41.8 Å². The van der Waals surface area contributed by atoms with Gasteiger partial charge in [0.1, 0.15) is 16.6 Å². The molecule has 0 radical (unpaired) electrons. The summed E-state index contributed by atoms with van der Waals surface area (Å²) in [6.07, 6.45) is 1.52. The lowest BCUT2D eigenvalue weighted by atomic mass is 9.88. The predicted molar refractivity (Wildman–Crippen MR) is 118 cm³/mol. The first-order valence-electron chi connectivity index (χ1n) is 10.2. The molecule has 4 rings (SSSR count). The zero-order chi connectivity index (χ0) is 21.8. The molecule has 2 heterocycles. The molecule has 7 heteroatoms. The van der Waals surface area contributed by atoms with Crippen molar-refractivity contribution < 1.29 is 18.7 Å². The predicted octanol–water partition coefficient (Wildman–Crippen LogP) is 4.62. The molecule has 1 amide bonds. The summed E-state index contributed by atoms with van der Waals surface area (Å²) in [6, 6.07) is 13.4. The monoisotopic (exact) mass is 438 g/mol. The molecular weight excluding hydrogens is 415 g/mol. The largest absolute Gasteiger partial charge is 0.497 e. The molecule has 0 N–H and O–H groups in total.